The first-order valence-electron chi connectivity index (χ1n) is 13.6. The van der Waals surface area contributed by atoms with Crippen LogP contribution in [-0.4, -0.2) is 119 Å². The van der Waals surface area contributed by atoms with Gasteiger partial charge >= 0.3 is 107 Å². The average Bonchev–Trinajstić information content (AvgIpc) is 3.01. The zero-order valence-corrected chi connectivity index (χ0v) is 27.7. The molecule has 0 N–H and O–H groups in total. The molecule has 0 heterocycles. The first-order valence-corrected chi connectivity index (χ1v) is 15.0. The van der Waals surface area contributed by atoms with E-state index < -0.39 is 141 Å². The largest absolute Gasteiger partial charge is 0.460 e. The number of rotatable bonds is 20. The lowest BCUT2D eigenvalue weighted by molar-refractivity contribution is -0.474. The molecule has 0 spiro atoms. The van der Waals surface area contributed by atoms with E-state index in [2.05, 4.69) is 0 Å². The highest BCUT2D eigenvalue weighted by Crippen LogP contribution is 2.68. The highest BCUT2D eigenvalue weighted by atomic mass is 31.1. The standard InChI is InChI=1S/C22H9F38P/c23-5(24,7(27,28)9(31,32)11(35,36)13(39,40)14(41,42)16(45,46)18(49,50)20(53,54)22(58,59)60)1-3-61-4-2-6(25,26)8(29,30)10(33,34)12(37,38)15(43,44)17(47,48)19(51,52)21(55,56)57/h61H,1-4H2. The van der Waals surface area contributed by atoms with Gasteiger partial charge in [-0.1, -0.05) is 0 Å². The van der Waals surface area contributed by atoms with E-state index in [0.717, 1.165) is 0 Å². The normalized spacial score (nSPS) is 17.2. The van der Waals surface area contributed by atoms with Gasteiger partial charge in [0.05, 0.1) is 0 Å². The quantitative estimate of drug-likeness (QED) is 0.0648. The van der Waals surface area contributed by atoms with Crippen LogP contribution < -0.4 is 0 Å². The van der Waals surface area contributed by atoms with Gasteiger partial charge in [-0.15, -0.1) is 8.58 Å². The summed E-state index contributed by atoms with van der Waals surface area (Å²) < 4.78 is 507. The Morgan fingerprint density at radius 1 is 0.180 bits per heavy atom. The summed E-state index contributed by atoms with van der Waals surface area (Å²) in [6, 6.07) is 0. The molecule has 0 aliphatic heterocycles. The van der Waals surface area contributed by atoms with Crippen LogP contribution in [0.1, 0.15) is 12.8 Å². The summed E-state index contributed by atoms with van der Waals surface area (Å²) >= 11 is 0. The molecule has 0 fully saturated rings. The molecule has 0 rings (SSSR count). The van der Waals surface area contributed by atoms with E-state index in [1.807, 2.05) is 0 Å². The molecule has 0 aromatic carbocycles. The Hall–Kier alpha value is -2.23. The zero-order valence-electron chi connectivity index (χ0n) is 26.7. The van der Waals surface area contributed by atoms with Crippen molar-refractivity contribution in [2.75, 3.05) is 12.3 Å². The molecule has 0 nitrogen and oxygen atoms in total. The Bertz CT molecular complexity index is 1520. The van der Waals surface area contributed by atoms with Crippen LogP contribution in [0.3, 0.4) is 0 Å². The lowest BCUT2D eigenvalue weighted by atomic mass is 9.86. The van der Waals surface area contributed by atoms with Gasteiger partial charge in [0.2, 0.25) is 0 Å². The predicted molar refractivity (Wildman–Crippen MR) is 119 cm³/mol. The van der Waals surface area contributed by atoms with Crippen molar-refractivity contribution in [3.63, 3.8) is 0 Å². The van der Waals surface area contributed by atoms with Gasteiger partial charge in [0, 0.05) is 12.8 Å². The van der Waals surface area contributed by atoms with Crippen molar-refractivity contribution in [1.29, 1.82) is 0 Å². The van der Waals surface area contributed by atoms with Crippen molar-refractivity contribution in [2.45, 2.75) is 120 Å². The summed E-state index contributed by atoms with van der Waals surface area (Å²) in [4.78, 5) is 0. The molecule has 368 valence electrons. The molecule has 39 heteroatoms. The maximum atomic E-state index is 13.9. The van der Waals surface area contributed by atoms with Crippen LogP contribution in [-0.2, 0) is 0 Å². The molecule has 0 aromatic heterocycles. The molecule has 0 bridgehead atoms. The summed E-state index contributed by atoms with van der Waals surface area (Å²) in [7, 11) is -2.60. The minimum Gasteiger partial charge on any atom is -0.200 e. The van der Waals surface area contributed by atoms with Crippen LogP contribution in [0.5, 0.6) is 0 Å². The van der Waals surface area contributed by atoms with Crippen LogP contribution >= 0.6 is 8.58 Å². The van der Waals surface area contributed by atoms with Crippen molar-refractivity contribution < 1.29 is 167 Å². The van der Waals surface area contributed by atoms with E-state index in [9.17, 15) is 167 Å². The van der Waals surface area contributed by atoms with Crippen molar-refractivity contribution in [3.8, 4) is 0 Å². The molecule has 0 aliphatic rings. The molecule has 61 heavy (non-hydrogen) atoms. The van der Waals surface area contributed by atoms with E-state index in [1.54, 1.807) is 0 Å². The lowest BCUT2D eigenvalue weighted by Gasteiger charge is -2.44. The number of halogens is 38. The van der Waals surface area contributed by atoms with Crippen LogP contribution in [0.15, 0.2) is 0 Å². The van der Waals surface area contributed by atoms with Gasteiger partial charge in [0.1, 0.15) is 0 Å². The molecule has 0 aromatic rings. The minimum absolute atomic E-state index is 2.52. The fraction of sp³-hybridized carbons (Fsp3) is 1.00. The number of hydrogen-bond acceptors (Lipinski definition) is 0. The van der Waals surface area contributed by atoms with Gasteiger partial charge in [-0.05, 0) is 12.3 Å². The van der Waals surface area contributed by atoms with Gasteiger partial charge in [0.25, 0.3) is 0 Å². The Kier molecular flexibility index (Phi) is 14.6. The van der Waals surface area contributed by atoms with E-state index in [-0.39, 0.29) is 0 Å². The maximum Gasteiger partial charge on any atom is 0.460 e. The number of hydrogen-bond donors (Lipinski definition) is 0. The van der Waals surface area contributed by atoms with Crippen molar-refractivity contribution in [1.82, 2.24) is 0 Å². The summed E-state index contributed by atoms with van der Waals surface area (Å²) in [5, 5.41) is 0. The van der Waals surface area contributed by atoms with E-state index >= 15 is 0 Å². The predicted octanol–water partition coefficient (Wildman–Crippen LogP) is 13.7. The van der Waals surface area contributed by atoms with Crippen molar-refractivity contribution in [3.05, 3.63) is 0 Å². The summed E-state index contributed by atoms with van der Waals surface area (Å²) in [6.45, 7) is 0. The lowest BCUT2D eigenvalue weighted by Crippen LogP contribution is -2.76. The molecule has 0 radical (unpaired) electrons. The van der Waals surface area contributed by atoms with Gasteiger partial charge in [-0.3, -0.25) is 0 Å². The van der Waals surface area contributed by atoms with E-state index in [0.29, 0.717) is 0 Å². The fourth-order valence-corrected chi connectivity index (χ4v) is 4.95. The zero-order chi connectivity index (χ0) is 50.5. The molecule has 1 unspecified atom stereocenters. The summed E-state index contributed by atoms with van der Waals surface area (Å²) in [5.74, 6) is -141. The second kappa shape index (κ2) is 15.2. The smallest absolute Gasteiger partial charge is 0.200 e. The van der Waals surface area contributed by atoms with Crippen molar-refractivity contribution in [2.24, 2.45) is 0 Å². The minimum atomic E-state index is -9.58. The molecule has 0 amide bonds. The van der Waals surface area contributed by atoms with Gasteiger partial charge < -0.3 is 0 Å². The molecule has 1 atom stereocenters. The highest BCUT2D eigenvalue weighted by molar-refractivity contribution is 7.37. The van der Waals surface area contributed by atoms with Gasteiger partial charge in [0.15, 0.2) is 0 Å². The number of alkyl halides is 38. The molecule has 0 saturated carbocycles. The molecular weight excluding hydrogens is 1020 g/mol. The maximum absolute atomic E-state index is 13.9. The van der Waals surface area contributed by atoms with E-state index in [1.165, 1.54) is 0 Å². The third-order valence-electron chi connectivity index (χ3n) is 7.59. The molecule has 0 saturated heterocycles. The third kappa shape index (κ3) is 7.80. The second-order valence-electron chi connectivity index (χ2n) is 11.7. The summed E-state index contributed by atoms with van der Waals surface area (Å²) in [6.07, 6.45) is -28.6. The second-order valence-corrected chi connectivity index (χ2v) is 13.2. The Labute approximate surface area is 309 Å². The SMILES string of the molecule is FC(F)(F)C(F)(F)C(F)(F)C(F)(F)C(F)(F)C(F)(F)C(F)(F)C(F)(F)CCPCCC(F)(F)C(F)(F)C(F)(F)C(F)(F)C(F)(F)C(F)(F)C(F)(F)C(F)(F)C(F)(F)C(F)(F)F. The molecule has 0 aliphatic carbocycles. The first-order chi connectivity index (χ1) is 25.7. The van der Waals surface area contributed by atoms with Crippen LogP contribution in [0.2, 0.25) is 0 Å². The van der Waals surface area contributed by atoms with E-state index in [4.69, 9.17) is 0 Å². The van der Waals surface area contributed by atoms with Gasteiger partial charge in [-0.2, -0.15) is 167 Å². The third-order valence-corrected chi connectivity index (χ3v) is 8.80. The Balaban J connectivity index is 6.55. The van der Waals surface area contributed by atoms with Crippen LogP contribution in [0.4, 0.5) is 167 Å². The Morgan fingerprint density at radius 2 is 0.311 bits per heavy atom. The van der Waals surface area contributed by atoms with Crippen molar-refractivity contribution >= 4 is 8.58 Å². The van der Waals surface area contributed by atoms with Gasteiger partial charge in [-0.25, -0.2) is 0 Å². The highest BCUT2D eigenvalue weighted by Gasteiger charge is 2.98. The average molecular weight is 1030 g/mol. The van der Waals surface area contributed by atoms with Crippen LogP contribution in [0, 0.1) is 0 Å². The molecular formula is C22H9F38P. The van der Waals surface area contributed by atoms with Crippen LogP contribution in [0.25, 0.3) is 0 Å². The summed E-state index contributed by atoms with van der Waals surface area (Å²) in [5.41, 5.74) is 0. The topological polar surface area (TPSA) is 0 Å². The monoisotopic (exact) mass is 1030 g/mol. The Morgan fingerprint density at radius 3 is 0.459 bits per heavy atom. The fourth-order valence-electron chi connectivity index (χ4n) is 3.72. The first kappa shape index (κ1) is 58.8.